The highest BCUT2D eigenvalue weighted by Crippen LogP contribution is 2.13. The maximum atomic E-state index is 12.3. The summed E-state index contributed by atoms with van der Waals surface area (Å²) < 4.78 is 3.00. The molecule has 0 bridgehead atoms. The molecule has 1 saturated heterocycles. The summed E-state index contributed by atoms with van der Waals surface area (Å²) in [5.74, 6) is 0.138. The molecule has 2 rings (SSSR count). The van der Waals surface area contributed by atoms with E-state index in [1.807, 2.05) is 28.8 Å². The van der Waals surface area contributed by atoms with Crippen molar-refractivity contribution in [3.8, 4) is 0 Å². The number of aryl methyl sites for hydroxylation is 1. The van der Waals surface area contributed by atoms with Crippen molar-refractivity contribution in [2.24, 2.45) is 7.05 Å². The van der Waals surface area contributed by atoms with Crippen LogP contribution in [0.15, 0.2) is 12.3 Å². The van der Waals surface area contributed by atoms with Gasteiger partial charge in [-0.15, -0.1) is 0 Å². The molecule has 16 heavy (non-hydrogen) atoms. The van der Waals surface area contributed by atoms with Crippen LogP contribution in [0.4, 0.5) is 0 Å². The molecule has 2 heterocycles. The summed E-state index contributed by atoms with van der Waals surface area (Å²) in [6.45, 7) is 4.58. The summed E-state index contributed by atoms with van der Waals surface area (Å²) in [4.78, 5) is 14.2. The number of rotatable bonds is 1. The number of hydrogen-bond acceptors (Lipinski definition) is 2. The number of amides is 1. The third-order valence-corrected chi connectivity index (χ3v) is 3.44. The van der Waals surface area contributed by atoms with Gasteiger partial charge in [0.1, 0.15) is 5.69 Å². The molecule has 0 radical (unpaired) electrons. The molecule has 4 nitrogen and oxygen atoms in total. The van der Waals surface area contributed by atoms with Crippen LogP contribution < -0.4 is 5.32 Å². The van der Waals surface area contributed by atoms with Gasteiger partial charge in [-0.05, 0) is 35.6 Å². The first kappa shape index (κ1) is 11.9. The molecule has 0 aromatic carbocycles. The first-order chi connectivity index (χ1) is 7.58. The Morgan fingerprint density at radius 2 is 2.38 bits per heavy atom. The van der Waals surface area contributed by atoms with Gasteiger partial charge in [-0.3, -0.25) is 4.79 Å². The van der Waals surface area contributed by atoms with Gasteiger partial charge in [0.2, 0.25) is 0 Å². The summed E-state index contributed by atoms with van der Waals surface area (Å²) in [6.07, 6.45) is 1.97. The van der Waals surface area contributed by atoms with Gasteiger partial charge in [0.25, 0.3) is 5.91 Å². The number of nitrogens with one attached hydrogen (secondary N) is 1. The van der Waals surface area contributed by atoms with Crippen LogP contribution in [0.5, 0.6) is 0 Å². The second kappa shape index (κ2) is 4.75. The molecule has 88 valence electrons. The van der Waals surface area contributed by atoms with Crippen molar-refractivity contribution < 1.29 is 4.79 Å². The van der Waals surface area contributed by atoms with Crippen LogP contribution in [-0.2, 0) is 7.05 Å². The average Bonchev–Trinajstić information content (AvgIpc) is 2.57. The molecule has 5 heteroatoms. The zero-order chi connectivity index (χ0) is 11.7. The molecule has 0 unspecified atom stereocenters. The molecule has 0 aliphatic carbocycles. The molecule has 1 aromatic rings. The van der Waals surface area contributed by atoms with Crippen molar-refractivity contribution in [3.05, 3.63) is 21.5 Å². The van der Waals surface area contributed by atoms with Gasteiger partial charge in [-0.25, -0.2) is 0 Å². The first-order valence-electron chi connectivity index (χ1n) is 5.42. The Kier molecular flexibility index (Phi) is 3.53. The van der Waals surface area contributed by atoms with E-state index < -0.39 is 0 Å². The Morgan fingerprint density at radius 3 is 2.94 bits per heavy atom. The minimum Gasteiger partial charge on any atom is -0.346 e. The van der Waals surface area contributed by atoms with E-state index >= 15 is 0 Å². The van der Waals surface area contributed by atoms with E-state index in [0.717, 1.165) is 28.9 Å². The number of aromatic nitrogens is 1. The van der Waals surface area contributed by atoms with E-state index in [-0.39, 0.29) is 5.91 Å². The molecule has 1 aromatic heterocycles. The van der Waals surface area contributed by atoms with Gasteiger partial charge in [0, 0.05) is 42.5 Å². The second-order valence-corrected chi connectivity index (χ2v) is 5.51. The first-order valence-corrected chi connectivity index (χ1v) is 6.50. The second-order valence-electron chi connectivity index (χ2n) is 4.26. The Bertz CT molecular complexity index is 402. The predicted molar refractivity (Wildman–Crippen MR) is 71.5 cm³/mol. The minimum absolute atomic E-state index is 0.138. The van der Waals surface area contributed by atoms with Crippen LogP contribution in [0.3, 0.4) is 0 Å². The average molecular weight is 333 g/mol. The zero-order valence-electron chi connectivity index (χ0n) is 9.53. The third kappa shape index (κ3) is 2.40. The van der Waals surface area contributed by atoms with Crippen LogP contribution in [-0.4, -0.2) is 41.1 Å². The monoisotopic (exact) mass is 333 g/mol. The fourth-order valence-corrected chi connectivity index (χ4v) is 2.73. The number of hydrogen-bond donors (Lipinski definition) is 1. The van der Waals surface area contributed by atoms with Crippen molar-refractivity contribution in [1.82, 2.24) is 14.8 Å². The van der Waals surface area contributed by atoms with Gasteiger partial charge < -0.3 is 14.8 Å². The molecule has 1 aliphatic heterocycles. The fraction of sp³-hybridized carbons (Fsp3) is 0.545. The van der Waals surface area contributed by atoms with Crippen molar-refractivity contribution in [2.75, 3.05) is 19.6 Å². The summed E-state index contributed by atoms with van der Waals surface area (Å²) in [5, 5.41) is 3.34. The quantitative estimate of drug-likeness (QED) is 0.781. The number of nitrogens with zero attached hydrogens (tertiary/aromatic N) is 2. The predicted octanol–water partition coefficient (Wildman–Crippen LogP) is 1.06. The molecule has 1 N–H and O–H groups in total. The van der Waals surface area contributed by atoms with E-state index in [2.05, 4.69) is 34.8 Å². The van der Waals surface area contributed by atoms with Crippen molar-refractivity contribution in [1.29, 1.82) is 0 Å². The summed E-state index contributed by atoms with van der Waals surface area (Å²) in [6, 6.07) is 2.33. The topological polar surface area (TPSA) is 37.3 Å². The molecule has 1 amide bonds. The smallest absolute Gasteiger partial charge is 0.270 e. The maximum absolute atomic E-state index is 12.3. The Balaban J connectivity index is 2.15. The molecule has 0 saturated carbocycles. The van der Waals surface area contributed by atoms with E-state index in [1.54, 1.807) is 0 Å². The van der Waals surface area contributed by atoms with Gasteiger partial charge in [-0.2, -0.15) is 0 Å². The molecular weight excluding hydrogens is 317 g/mol. The lowest BCUT2D eigenvalue weighted by Gasteiger charge is -2.31. The van der Waals surface area contributed by atoms with Crippen LogP contribution in [0.2, 0.25) is 0 Å². The van der Waals surface area contributed by atoms with Crippen molar-refractivity contribution >= 4 is 28.5 Å². The SMILES string of the molecule is C[C@H]1CN(C(=O)c2cc(I)cn2C)CCN1. The molecule has 1 aliphatic rings. The van der Waals surface area contributed by atoms with Gasteiger partial charge in [0.15, 0.2) is 0 Å². The zero-order valence-corrected chi connectivity index (χ0v) is 11.7. The minimum atomic E-state index is 0.138. The van der Waals surface area contributed by atoms with Crippen LogP contribution >= 0.6 is 22.6 Å². The Hall–Kier alpha value is -0.560. The fourth-order valence-electron chi connectivity index (χ4n) is 2.02. The number of halogens is 1. The van der Waals surface area contributed by atoms with E-state index in [0.29, 0.717) is 6.04 Å². The normalized spacial score (nSPS) is 21.2. The van der Waals surface area contributed by atoms with Gasteiger partial charge >= 0.3 is 0 Å². The highest BCUT2D eigenvalue weighted by Gasteiger charge is 2.23. The van der Waals surface area contributed by atoms with Crippen LogP contribution in [0.25, 0.3) is 0 Å². The molecule has 0 spiro atoms. The van der Waals surface area contributed by atoms with Crippen molar-refractivity contribution in [3.63, 3.8) is 0 Å². The lowest BCUT2D eigenvalue weighted by Crippen LogP contribution is -2.51. The number of carbonyl (C=O) groups is 1. The molecular formula is C11H16IN3O. The third-order valence-electron chi connectivity index (χ3n) is 2.85. The summed E-state index contributed by atoms with van der Waals surface area (Å²) in [7, 11) is 1.92. The summed E-state index contributed by atoms with van der Waals surface area (Å²) >= 11 is 2.23. The largest absolute Gasteiger partial charge is 0.346 e. The molecule has 1 atom stereocenters. The highest BCUT2D eigenvalue weighted by atomic mass is 127. The number of carbonyl (C=O) groups excluding carboxylic acids is 1. The van der Waals surface area contributed by atoms with Crippen LogP contribution in [0.1, 0.15) is 17.4 Å². The van der Waals surface area contributed by atoms with Gasteiger partial charge in [0.05, 0.1) is 0 Å². The Labute approximate surface area is 109 Å². The van der Waals surface area contributed by atoms with E-state index in [4.69, 9.17) is 0 Å². The lowest BCUT2D eigenvalue weighted by molar-refractivity contribution is 0.0699. The standard InChI is InChI=1S/C11H16IN3O/c1-8-6-15(4-3-13-8)11(16)10-5-9(12)7-14(10)2/h5,7-8,13H,3-4,6H2,1-2H3/t8-/m0/s1. The Morgan fingerprint density at radius 1 is 1.62 bits per heavy atom. The highest BCUT2D eigenvalue weighted by molar-refractivity contribution is 14.1. The number of piperazine rings is 1. The van der Waals surface area contributed by atoms with Gasteiger partial charge in [-0.1, -0.05) is 0 Å². The molecule has 1 fully saturated rings. The van der Waals surface area contributed by atoms with Crippen LogP contribution in [0, 0.1) is 3.57 Å². The maximum Gasteiger partial charge on any atom is 0.270 e. The summed E-state index contributed by atoms with van der Waals surface area (Å²) in [5.41, 5.74) is 0.776. The van der Waals surface area contributed by atoms with Crippen molar-refractivity contribution in [2.45, 2.75) is 13.0 Å². The van der Waals surface area contributed by atoms with E-state index in [1.165, 1.54) is 0 Å². The lowest BCUT2D eigenvalue weighted by atomic mass is 10.2. The van der Waals surface area contributed by atoms with E-state index in [9.17, 15) is 4.79 Å².